The van der Waals surface area contributed by atoms with Gasteiger partial charge in [-0.2, -0.15) is 0 Å². The molecular formula is C12H24N2O2. The summed E-state index contributed by atoms with van der Waals surface area (Å²) < 4.78 is 0. The Labute approximate surface area is 99.5 Å². The van der Waals surface area contributed by atoms with Gasteiger partial charge in [-0.3, -0.25) is 9.59 Å². The van der Waals surface area contributed by atoms with Crippen molar-refractivity contribution in [2.45, 2.75) is 51.1 Å². The molecule has 1 rings (SSSR count). The van der Waals surface area contributed by atoms with Crippen LogP contribution in [-0.2, 0) is 9.59 Å². The Bertz CT molecular complexity index is 285. The van der Waals surface area contributed by atoms with Gasteiger partial charge in [0, 0.05) is 21.4 Å². The van der Waals surface area contributed by atoms with E-state index in [2.05, 4.69) is 17.2 Å². The largest absolute Gasteiger partial charge is 0.353 e. The molecule has 2 unspecified atom stereocenters. The standard InChI is InChI=1S/C12H20N2O2.2H2/c1-3-11(15)13-9-6-5-7-10(8-9)14-12(16)4-2;;/h3,9-10H,1,4-8H2,2H3,(H,13,15)(H,14,16);2*1H. The summed E-state index contributed by atoms with van der Waals surface area (Å²) in [5.74, 6) is -0.0480. The zero-order chi connectivity index (χ0) is 12.0. The molecule has 0 aromatic heterocycles. The van der Waals surface area contributed by atoms with Crippen molar-refractivity contribution in [2.24, 2.45) is 0 Å². The molecule has 1 fully saturated rings. The molecule has 0 aromatic carbocycles. The second kappa shape index (κ2) is 6.30. The van der Waals surface area contributed by atoms with Crippen molar-refractivity contribution >= 4 is 11.8 Å². The van der Waals surface area contributed by atoms with Crippen LogP contribution in [0.2, 0.25) is 0 Å². The quantitative estimate of drug-likeness (QED) is 0.718. The summed E-state index contributed by atoms with van der Waals surface area (Å²) >= 11 is 0. The molecule has 0 spiro atoms. The van der Waals surface area contributed by atoms with Crippen LogP contribution in [0.25, 0.3) is 0 Å². The van der Waals surface area contributed by atoms with Gasteiger partial charge in [0.15, 0.2) is 0 Å². The first-order chi connectivity index (χ1) is 7.65. The first kappa shape index (κ1) is 12.7. The van der Waals surface area contributed by atoms with E-state index < -0.39 is 0 Å². The lowest BCUT2D eigenvalue weighted by atomic mass is 9.91. The van der Waals surface area contributed by atoms with Gasteiger partial charge in [-0.25, -0.2) is 0 Å². The number of carbonyl (C=O) groups excluding carboxylic acids is 2. The predicted octanol–water partition coefficient (Wildman–Crippen LogP) is 1.62. The Balaban J connectivity index is 0. The van der Waals surface area contributed by atoms with Crippen LogP contribution in [0.1, 0.15) is 41.9 Å². The summed E-state index contributed by atoms with van der Waals surface area (Å²) in [5.41, 5.74) is 0. The van der Waals surface area contributed by atoms with E-state index in [-0.39, 0.29) is 26.8 Å². The van der Waals surface area contributed by atoms with Gasteiger partial charge in [-0.05, 0) is 31.8 Å². The number of rotatable bonds is 4. The number of nitrogens with one attached hydrogen (secondary N) is 2. The molecule has 16 heavy (non-hydrogen) atoms. The molecule has 0 aliphatic heterocycles. The van der Waals surface area contributed by atoms with E-state index in [1.165, 1.54) is 6.08 Å². The highest BCUT2D eigenvalue weighted by molar-refractivity contribution is 5.87. The lowest BCUT2D eigenvalue weighted by Gasteiger charge is -2.30. The molecule has 1 aliphatic carbocycles. The van der Waals surface area contributed by atoms with Gasteiger partial charge in [0.2, 0.25) is 11.8 Å². The predicted molar refractivity (Wildman–Crippen MR) is 67.0 cm³/mol. The van der Waals surface area contributed by atoms with Crippen LogP contribution in [0.4, 0.5) is 0 Å². The SMILES string of the molecule is C=CC(=O)NC1CCCC(NC(=O)CC)C1.[HH].[HH]. The number of hydrogen-bond donors (Lipinski definition) is 2. The minimum atomic E-state index is -0.132. The fourth-order valence-electron chi connectivity index (χ4n) is 2.04. The molecule has 0 heterocycles. The van der Waals surface area contributed by atoms with Crippen molar-refractivity contribution in [1.29, 1.82) is 0 Å². The van der Waals surface area contributed by atoms with Gasteiger partial charge in [-0.15, -0.1) is 0 Å². The monoisotopic (exact) mass is 228 g/mol. The minimum Gasteiger partial charge on any atom is -0.353 e. The molecular weight excluding hydrogens is 204 g/mol. The van der Waals surface area contributed by atoms with Gasteiger partial charge >= 0.3 is 0 Å². The average Bonchev–Trinajstić information content (AvgIpc) is 2.29. The van der Waals surface area contributed by atoms with Crippen molar-refractivity contribution in [3.05, 3.63) is 12.7 Å². The van der Waals surface area contributed by atoms with Gasteiger partial charge < -0.3 is 10.6 Å². The van der Waals surface area contributed by atoms with E-state index in [9.17, 15) is 9.59 Å². The molecule has 0 aromatic rings. The Morgan fingerprint density at radius 2 is 2.00 bits per heavy atom. The molecule has 2 N–H and O–H groups in total. The third-order valence-corrected chi connectivity index (χ3v) is 2.89. The highest BCUT2D eigenvalue weighted by Gasteiger charge is 2.23. The molecule has 2 amide bonds. The third-order valence-electron chi connectivity index (χ3n) is 2.89. The highest BCUT2D eigenvalue weighted by atomic mass is 16.2. The maximum absolute atomic E-state index is 11.3. The summed E-state index contributed by atoms with van der Waals surface area (Å²) in [6, 6.07) is 0.373. The second-order valence-corrected chi connectivity index (χ2v) is 4.19. The first-order valence-electron chi connectivity index (χ1n) is 5.88. The summed E-state index contributed by atoms with van der Waals surface area (Å²) in [6.07, 6.45) is 5.65. The lowest BCUT2D eigenvalue weighted by molar-refractivity contribution is -0.121. The van der Waals surface area contributed by atoms with Gasteiger partial charge in [0.1, 0.15) is 0 Å². The van der Waals surface area contributed by atoms with E-state index in [0.717, 1.165) is 25.7 Å². The molecule has 94 valence electrons. The van der Waals surface area contributed by atoms with Crippen LogP contribution >= 0.6 is 0 Å². The summed E-state index contributed by atoms with van der Waals surface area (Å²) in [5, 5.41) is 5.86. The molecule has 0 bridgehead atoms. The zero-order valence-corrected chi connectivity index (χ0v) is 9.79. The molecule has 0 radical (unpaired) electrons. The maximum atomic E-state index is 11.3. The number of hydrogen-bond acceptors (Lipinski definition) is 2. The number of amides is 2. The normalized spacial score (nSPS) is 24.6. The average molecular weight is 228 g/mol. The van der Waals surface area contributed by atoms with Crippen molar-refractivity contribution in [3.8, 4) is 0 Å². The van der Waals surface area contributed by atoms with Crippen molar-refractivity contribution < 1.29 is 12.4 Å². The summed E-state index contributed by atoms with van der Waals surface area (Å²) in [4.78, 5) is 22.4. The van der Waals surface area contributed by atoms with Crippen LogP contribution in [0.15, 0.2) is 12.7 Å². The van der Waals surface area contributed by atoms with Crippen molar-refractivity contribution in [1.82, 2.24) is 10.6 Å². The smallest absolute Gasteiger partial charge is 0.243 e. The Kier molecular flexibility index (Phi) is 5.02. The summed E-state index contributed by atoms with van der Waals surface area (Å²) in [6.45, 7) is 5.27. The van der Waals surface area contributed by atoms with E-state index in [0.29, 0.717) is 6.42 Å². The van der Waals surface area contributed by atoms with Crippen LogP contribution in [0.3, 0.4) is 0 Å². The topological polar surface area (TPSA) is 58.2 Å². The highest BCUT2D eigenvalue weighted by Crippen LogP contribution is 2.18. The Hall–Kier alpha value is -1.32. The molecule has 2 atom stereocenters. The lowest BCUT2D eigenvalue weighted by Crippen LogP contribution is -2.45. The molecule has 4 nitrogen and oxygen atoms in total. The van der Waals surface area contributed by atoms with Crippen molar-refractivity contribution in [2.75, 3.05) is 0 Å². The molecule has 1 saturated carbocycles. The van der Waals surface area contributed by atoms with Gasteiger partial charge in [-0.1, -0.05) is 13.5 Å². The van der Waals surface area contributed by atoms with Crippen LogP contribution < -0.4 is 10.6 Å². The zero-order valence-electron chi connectivity index (χ0n) is 9.79. The van der Waals surface area contributed by atoms with Crippen molar-refractivity contribution in [3.63, 3.8) is 0 Å². The van der Waals surface area contributed by atoms with Gasteiger partial charge in [0.25, 0.3) is 0 Å². The first-order valence-corrected chi connectivity index (χ1v) is 5.88. The Morgan fingerprint density at radius 3 is 2.56 bits per heavy atom. The third kappa shape index (κ3) is 4.04. The van der Waals surface area contributed by atoms with E-state index in [4.69, 9.17) is 0 Å². The van der Waals surface area contributed by atoms with E-state index in [1.54, 1.807) is 0 Å². The van der Waals surface area contributed by atoms with Crippen LogP contribution in [0.5, 0.6) is 0 Å². The number of carbonyl (C=O) groups is 2. The van der Waals surface area contributed by atoms with Crippen LogP contribution in [0, 0.1) is 0 Å². The van der Waals surface area contributed by atoms with Gasteiger partial charge in [0.05, 0.1) is 0 Å². The minimum absolute atomic E-state index is 0. The molecule has 1 aliphatic rings. The Morgan fingerprint density at radius 1 is 1.38 bits per heavy atom. The molecule has 4 heteroatoms. The fourth-order valence-corrected chi connectivity index (χ4v) is 2.04. The second-order valence-electron chi connectivity index (χ2n) is 4.19. The van der Waals surface area contributed by atoms with E-state index in [1.807, 2.05) is 6.92 Å². The molecule has 0 saturated heterocycles. The maximum Gasteiger partial charge on any atom is 0.243 e. The van der Waals surface area contributed by atoms with Crippen LogP contribution in [-0.4, -0.2) is 23.9 Å². The fraction of sp³-hybridized carbons (Fsp3) is 0.667. The summed E-state index contributed by atoms with van der Waals surface area (Å²) in [7, 11) is 0. The van der Waals surface area contributed by atoms with E-state index >= 15 is 0 Å².